The van der Waals surface area contributed by atoms with E-state index in [-0.39, 0.29) is 5.91 Å². The Morgan fingerprint density at radius 3 is 2.82 bits per heavy atom. The van der Waals surface area contributed by atoms with Crippen LogP contribution in [0.1, 0.15) is 30.5 Å². The Labute approximate surface area is 101 Å². The molecule has 2 rings (SSSR count). The van der Waals surface area contributed by atoms with Crippen molar-refractivity contribution in [2.45, 2.75) is 32.7 Å². The van der Waals surface area contributed by atoms with Crippen molar-refractivity contribution in [1.29, 1.82) is 5.26 Å². The summed E-state index contributed by atoms with van der Waals surface area (Å²) in [7, 11) is 0. The maximum absolute atomic E-state index is 11.9. The van der Waals surface area contributed by atoms with Crippen LogP contribution in [-0.2, 0) is 11.3 Å². The van der Waals surface area contributed by atoms with Gasteiger partial charge in [-0.25, -0.2) is 0 Å². The third kappa shape index (κ3) is 2.28. The smallest absolute Gasteiger partial charge is 0.240 e. The number of rotatable bonds is 3. The van der Waals surface area contributed by atoms with E-state index in [4.69, 9.17) is 5.26 Å². The van der Waals surface area contributed by atoms with E-state index in [0.717, 1.165) is 17.7 Å². The van der Waals surface area contributed by atoms with Gasteiger partial charge < -0.3 is 5.32 Å². The number of aryl methyl sites for hydroxylation is 1. The van der Waals surface area contributed by atoms with Crippen molar-refractivity contribution in [2.24, 2.45) is 5.41 Å². The van der Waals surface area contributed by atoms with Gasteiger partial charge in [-0.3, -0.25) is 9.78 Å². The Morgan fingerprint density at radius 1 is 1.59 bits per heavy atom. The Balaban J connectivity index is 1.92. The molecule has 17 heavy (non-hydrogen) atoms. The van der Waals surface area contributed by atoms with Crippen molar-refractivity contribution >= 4 is 5.91 Å². The van der Waals surface area contributed by atoms with E-state index in [0.29, 0.717) is 19.4 Å². The second-order valence-corrected chi connectivity index (χ2v) is 4.54. The highest BCUT2D eigenvalue weighted by Gasteiger charge is 2.44. The number of nitrogens with one attached hydrogen (secondary N) is 1. The zero-order chi connectivity index (χ0) is 12.3. The molecule has 1 N–H and O–H groups in total. The molecular weight excluding hydrogens is 214 g/mol. The third-order valence-electron chi connectivity index (χ3n) is 3.28. The summed E-state index contributed by atoms with van der Waals surface area (Å²) in [6.45, 7) is 2.36. The van der Waals surface area contributed by atoms with Gasteiger partial charge in [0.05, 0.1) is 6.07 Å². The quantitative estimate of drug-likeness (QED) is 0.857. The van der Waals surface area contributed by atoms with Crippen molar-refractivity contribution in [1.82, 2.24) is 10.3 Å². The first-order chi connectivity index (χ1) is 8.16. The molecule has 0 atom stereocenters. The van der Waals surface area contributed by atoms with Crippen LogP contribution in [-0.4, -0.2) is 10.9 Å². The number of nitrogens with zero attached hydrogens (tertiary/aromatic N) is 2. The average molecular weight is 229 g/mol. The molecule has 88 valence electrons. The van der Waals surface area contributed by atoms with Crippen LogP contribution in [0.15, 0.2) is 18.3 Å². The minimum atomic E-state index is -0.766. The first kappa shape index (κ1) is 11.6. The number of carbonyl (C=O) groups is 1. The zero-order valence-electron chi connectivity index (χ0n) is 9.86. The van der Waals surface area contributed by atoms with Gasteiger partial charge in [0.1, 0.15) is 5.41 Å². The molecule has 0 aliphatic heterocycles. The number of amides is 1. The topological polar surface area (TPSA) is 65.8 Å². The first-order valence-corrected chi connectivity index (χ1v) is 5.77. The van der Waals surface area contributed by atoms with Crippen molar-refractivity contribution in [2.75, 3.05) is 0 Å². The van der Waals surface area contributed by atoms with Crippen molar-refractivity contribution < 1.29 is 4.79 Å². The lowest BCUT2D eigenvalue weighted by Gasteiger charge is -2.33. The van der Waals surface area contributed by atoms with Crippen LogP contribution in [0.2, 0.25) is 0 Å². The summed E-state index contributed by atoms with van der Waals surface area (Å²) in [4.78, 5) is 16.0. The lowest BCUT2D eigenvalue weighted by atomic mass is 9.69. The Morgan fingerprint density at radius 2 is 2.35 bits per heavy atom. The molecule has 1 amide bonds. The summed E-state index contributed by atoms with van der Waals surface area (Å²) in [5.41, 5.74) is 1.14. The molecule has 4 heteroatoms. The Kier molecular flexibility index (Phi) is 3.10. The molecule has 1 fully saturated rings. The predicted molar refractivity (Wildman–Crippen MR) is 62.7 cm³/mol. The molecule has 0 unspecified atom stereocenters. The van der Waals surface area contributed by atoms with Gasteiger partial charge in [-0.05, 0) is 37.8 Å². The summed E-state index contributed by atoms with van der Waals surface area (Å²) < 4.78 is 0. The minimum Gasteiger partial charge on any atom is -0.351 e. The van der Waals surface area contributed by atoms with Gasteiger partial charge in [-0.1, -0.05) is 6.07 Å². The molecule has 1 aliphatic carbocycles. The lowest BCUT2D eigenvalue weighted by Crippen LogP contribution is -2.44. The molecule has 1 heterocycles. The molecule has 1 saturated carbocycles. The second kappa shape index (κ2) is 4.54. The third-order valence-corrected chi connectivity index (χ3v) is 3.28. The number of aromatic nitrogens is 1. The van der Waals surface area contributed by atoms with Crippen molar-refractivity contribution in [3.8, 4) is 6.07 Å². The Bertz CT molecular complexity index is 455. The minimum absolute atomic E-state index is 0.146. The standard InChI is InChI=1S/C13H15N3O/c1-10-3-4-11(7-15-10)8-16-12(17)13(9-14)5-2-6-13/h3-4,7H,2,5-6,8H2,1H3,(H,16,17). The number of pyridine rings is 1. The summed E-state index contributed by atoms with van der Waals surface area (Å²) in [5, 5.41) is 11.8. The second-order valence-electron chi connectivity index (χ2n) is 4.54. The van der Waals surface area contributed by atoms with E-state index in [1.165, 1.54) is 0 Å². The maximum Gasteiger partial charge on any atom is 0.240 e. The van der Waals surface area contributed by atoms with Gasteiger partial charge in [0, 0.05) is 18.4 Å². The van der Waals surface area contributed by atoms with E-state index in [1.807, 2.05) is 19.1 Å². The van der Waals surface area contributed by atoms with E-state index < -0.39 is 5.41 Å². The zero-order valence-corrected chi connectivity index (χ0v) is 9.86. The highest BCUT2D eigenvalue weighted by molar-refractivity contribution is 5.86. The van der Waals surface area contributed by atoms with Gasteiger partial charge in [-0.2, -0.15) is 5.26 Å². The van der Waals surface area contributed by atoms with Crippen LogP contribution in [0.3, 0.4) is 0 Å². The molecule has 0 spiro atoms. The highest BCUT2D eigenvalue weighted by atomic mass is 16.2. The monoisotopic (exact) mass is 229 g/mol. The van der Waals surface area contributed by atoms with Gasteiger partial charge in [-0.15, -0.1) is 0 Å². The fraction of sp³-hybridized carbons (Fsp3) is 0.462. The van der Waals surface area contributed by atoms with Crippen LogP contribution in [0.4, 0.5) is 0 Å². The molecule has 1 aromatic rings. The number of carbonyl (C=O) groups excluding carboxylic acids is 1. The molecule has 0 bridgehead atoms. The Hall–Kier alpha value is -1.89. The van der Waals surface area contributed by atoms with Gasteiger partial charge >= 0.3 is 0 Å². The van der Waals surface area contributed by atoms with E-state index >= 15 is 0 Å². The summed E-state index contributed by atoms with van der Waals surface area (Å²) in [6, 6.07) is 5.97. The molecule has 1 aromatic heterocycles. The largest absolute Gasteiger partial charge is 0.351 e. The lowest BCUT2D eigenvalue weighted by molar-refractivity contribution is -0.131. The summed E-state index contributed by atoms with van der Waals surface area (Å²) >= 11 is 0. The SMILES string of the molecule is Cc1ccc(CNC(=O)C2(C#N)CCC2)cn1. The van der Waals surface area contributed by atoms with E-state index in [1.54, 1.807) is 6.20 Å². The highest BCUT2D eigenvalue weighted by Crippen LogP contribution is 2.40. The number of hydrogen-bond acceptors (Lipinski definition) is 3. The van der Waals surface area contributed by atoms with E-state index in [9.17, 15) is 4.79 Å². The molecule has 0 aromatic carbocycles. The van der Waals surface area contributed by atoms with Crippen molar-refractivity contribution in [3.05, 3.63) is 29.6 Å². The van der Waals surface area contributed by atoms with Gasteiger partial charge in [0.15, 0.2) is 0 Å². The average Bonchev–Trinajstić information content (AvgIpc) is 2.27. The van der Waals surface area contributed by atoms with Gasteiger partial charge in [0.25, 0.3) is 0 Å². The number of nitriles is 1. The molecular formula is C13H15N3O. The maximum atomic E-state index is 11.9. The molecule has 4 nitrogen and oxygen atoms in total. The fourth-order valence-electron chi connectivity index (χ4n) is 1.87. The first-order valence-electron chi connectivity index (χ1n) is 5.77. The molecule has 1 aliphatic rings. The van der Waals surface area contributed by atoms with Gasteiger partial charge in [0.2, 0.25) is 5.91 Å². The van der Waals surface area contributed by atoms with Crippen LogP contribution >= 0.6 is 0 Å². The molecule has 0 radical (unpaired) electrons. The fourth-order valence-corrected chi connectivity index (χ4v) is 1.87. The number of hydrogen-bond donors (Lipinski definition) is 1. The molecule has 0 saturated heterocycles. The van der Waals surface area contributed by atoms with Crippen LogP contribution in [0.25, 0.3) is 0 Å². The summed E-state index contributed by atoms with van der Waals surface area (Å²) in [6.07, 6.45) is 4.07. The van der Waals surface area contributed by atoms with Crippen molar-refractivity contribution in [3.63, 3.8) is 0 Å². The van der Waals surface area contributed by atoms with Crippen LogP contribution in [0.5, 0.6) is 0 Å². The van der Waals surface area contributed by atoms with Crippen LogP contribution < -0.4 is 5.32 Å². The van der Waals surface area contributed by atoms with E-state index in [2.05, 4.69) is 16.4 Å². The predicted octanol–water partition coefficient (Wildman–Crippen LogP) is 1.70. The van der Waals surface area contributed by atoms with Crippen LogP contribution in [0, 0.1) is 23.7 Å². The normalized spacial score (nSPS) is 16.7. The summed E-state index contributed by atoms with van der Waals surface area (Å²) in [5.74, 6) is -0.146.